The molecule has 0 fully saturated rings. The summed E-state index contributed by atoms with van der Waals surface area (Å²) in [4.78, 5) is 0. The molecule has 0 atom stereocenters. The molecule has 0 saturated heterocycles. The monoisotopic (exact) mass is 233 g/mol. The molecule has 0 aliphatic rings. The van der Waals surface area contributed by atoms with E-state index in [0.29, 0.717) is 0 Å². The van der Waals surface area contributed by atoms with E-state index >= 15 is 0 Å². The second kappa shape index (κ2) is 6.23. The van der Waals surface area contributed by atoms with Crippen LogP contribution in [0.15, 0.2) is 0 Å². The van der Waals surface area contributed by atoms with E-state index in [-0.39, 0.29) is 6.54 Å². The second-order valence-corrected chi connectivity index (χ2v) is 2.98. The van der Waals surface area contributed by atoms with Crippen molar-refractivity contribution in [2.75, 3.05) is 33.0 Å². The van der Waals surface area contributed by atoms with E-state index in [2.05, 4.69) is 10.1 Å². The van der Waals surface area contributed by atoms with E-state index in [1.165, 1.54) is 0 Å². The lowest BCUT2D eigenvalue weighted by atomic mass is 10.0. The van der Waals surface area contributed by atoms with E-state index in [1.807, 2.05) is 0 Å². The maximum absolute atomic E-state index is 11.5. The van der Waals surface area contributed by atoms with E-state index < -0.39 is 38.3 Å². The van der Waals surface area contributed by atoms with E-state index in [4.69, 9.17) is 15.3 Å². The molecule has 0 radical (unpaired) electrons. The molecule has 0 aliphatic heterocycles. The number of hydrogen-bond acceptors (Lipinski definition) is 5. The number of alkyl halides is 3. The topological polar surface area (TPSA) is 82.0 Å². The zero-order valence-corrected chi connectivity index (χ0v) is 7.92. The first-order valence-electron chi connectivity index (χ1n) is 4.17. The van der Waals surface area contributed by atoms with Crippen LogP contribution in [-0.4, -0.2) is 60.2 Å². The third-order valence-electron chi connectivity index (χ3n) is 1.78. The van der Waals surface area contributed by atoms with Crippen LogP contribution < -0.4 is 5.32 Å². The molecule has 0 aromatic rings. The normalized spacial score (nSPS) is 13.2. The van der Waals surface area contributed by atoms with Gasteiger partial charge in [-0.15, -0.1) is 13.2 Å². The Hall–Kier alpha value is -0.410. The summed E-state index contributed by atoms with van der Waals surface area (Å²) in [5.41, 5.74) is -1.38. The number of aliphatic hydroxyl groups excluding tert-OH is 3. The van der Waals surface area contributed by atoms with Crippen LogP contribution in [0, 0.1) is 0 Å². The minimum Gasteiger partial charge on any atom is -0.394 e. The zero-order valence-electron chi connectivity index (χ0n) is 7.92. The maximum Gasteiger partial charge on any atom is 0.522 e. The van der Waals surface area contributed by atoms with Gasteiger partial charge < -0.3 is 20.6 Å². The van der Waals surface area contributed by atoms with Gasteiger partial charge in [0.15, 0.2) is 0 Å². The van der Waals surface area contributed by atoms with Crippen molar-refractivity contribution in [3.63, 3.8) is 0 Å². The summed E-state index contributed by atoms with van der Waals surface area (Å²) in [6.45, 7) is -2.68. The lowest BCUT2D eigenvalue weighted by Gasteiger charge is -2.28. The minimum atomic E-state index is -4.71. The van der Waals surface area contributed by atoms with Crippen molar-refractivity contribution < 1.29 is 33.2 Å². The molecule has 0 amide bonds. The Balaban J connectivity index is 3.82. The number of hydrogen-bond donors (Lipinski definition) is 4. The minimum absolute atomic E-state index is 0.249. The van der Waals surface area contributed by atoms with Crippen LogP contribution in [0.4, 0.5) is 13.2 Å². The van der Waals surface area contributed by atoms with Crippen molar-refractivity contribution in [1.82, 2.24) is 5.32 Å². The van der Waals surface area contributed by atoms with Gasteiger partial charge in [-0.3, -0.25) is 4.74 Å². The fourth-order valence-electron chi connectivity index (χ4n) is 0.801. The Morgan fingerprint density at radius 1 is 1.00 bits per heavy atom. The van der Waals surface area contributed by atoms with Gasteiger partial charge in [-0.25, -0.2) is 0 Å². The number of ether oxygens (including phenoxy) is 1. The average Bonchev–Trinajstić information content (AvgIpc) is 2.18. The molecule has 0 unspecified atom stereocenters. The average molecular weight is 233 g/mol. The fourth-order valence-corrected chi connectivity index (χ4v) is 0.801. The summed E-state index contributed by atoms with van der Waals surface area (Å²) in [6, 6.07) is 0. The molecule has 4 N–H and O–H groups in total. The summed E-state index contributed by atoms with van der Waals surface area (Å²) >= 11 is 0. The van der Waals surface area contributed by atoms with Crippen LogP contribution in [-0.2, 0) is 4.74 Å². The molecule has 0 bridgehead atoms. The summed E-state index contributed by atoms with van der Waals surface area (Å²) in [6.07, 6.45) is -4.71. The number of halogens is 3. The molecule has 92 valence electrons. The van der Waals surface area contributed by atoms with Crippen LogP contribution in [0.1, 0.15) is 0 Å². The zero-order chi connectivity index (χ0) is 11.9. The Bertz CT molecular complexity index is 164. The Morgan fingerprint density at radius 2 is 1.47 bits per heavy atom. The first-order valence-corrected chi connectivity index (χ1v) is 4.17. The Labute approximate surface area is 84.5 Å². The quantitative estimate of drug-likeness (QED) is 0.416. The van der Waals surface area contributed by atoms with Gasteiger partial charge in [0.05, 0.1) is 32.0 Å². The molecule has 0 aromatic heterocycles. The van der Waals surface area contributed by atoms with Gasteiger partial charge in [-0.05, 0) is 0 Å². The summed E-state index contributed by atoms with van der Waals surface area (Å²) < 4.78 is 38.0. The van der Waals surface area contributed by atoms with Gasteiger partial charge in [0, 0.05) is 6.54 Å². The van der Waals surface area contributed by atoms with Crippen molar-refractivity contribution in [2.45, 2.75) is 11.9 Å². The predicted molar refractivity (Wildman–Crippen MR) is 44.0 cm³/mol. The number of rotatable bonds is 7. The molecule has 0 aromatic carbocycles. The molecule has 8 heteroatoms. The third-order valence-corrected chi connectivity index (χ3v) is 1.78. The van der Waals surface area contributed by atoms with Crippen LogP contribution in [0.3, 0.4) is 0 Å². The van der Waals surface area contributed by atoms with Crippen LogP contribution in [0.25, 0.3) is 0 Å². The van der Waals surface area contributed by atoms with Gasteiger partial charge in [0.1, 0.15) is 0 Å². The van der Waals surface area contributed by atoms with Crippen molar-refractivity contribution in [3.8, 4) is 0 Å². The SMILES string of the molecule is OCC(CO)(CO)NCCOC(F)(F)F. The highest BCUT2D eigenvalue weighted by Gasteiger charge is 2.30. The van der Waals surface area contributed by atoms with Crippen LogP contribution in [0.5, 0.6) is 0 Å². The molecular formula is C7H14F3NO4. The van der Waals surface area contributed by atoms with Gasteiger partial charge in [-0.2, -0.15) is 0 Å². The van der Waals surface area contributed by atoms with Crippen molar-refractivity contribution in [1.29, 1.82) is 0 Å². The number of nitrogens with one attached hydrogen (secondary N) is 1. The van der Waals surface area contributed by atoms with Crippen molar-refractivity contribution in [3.05, 3.63) is 0 Å². The third kappa shape index (κ3) is 5.90. The first-order chi connectivity index (χ1) is 6.89. The van der Waals surface area contributed by atoms with E-state index in [0.717, 1.165) is 0 Å². The van der Waals surface area contributed by atoms with E-state index in [1.54, 1.807) is 0 Å². The predicted octanol–water partition coefficient (Wildman–Crippen LogP) is -1.17. The van der Waals surface area contributed by atoms with Gasteiger partial charge >= 0.3 is 6.36 Å². The summed E-state index contributed by atoms with van der Waals surface area (Å²) in [7, 11) is 0. The highest BCUT2D eigenvalue weighted by molar-refractivity contribution is 4.85. The molecule has 0 spiro atoms. The van der Waals surface area contributed by atoms with Crippen LogP contribution >= 0.6 is 0 Å². The maximum atomic E-state index is 11.5. The van der Waals surface area contributed by atoms with Gasteiger partial charge in [-0.1, -0.05) is 0 Å². The first kappa shape index (κ1) is 14.6. The highest BCUT2D eigenvalue weighted by atomic mass is 19.4. The molecule has 0 rings (SSSR count). The Kier molecular flexibility index (Phi) is 6.06. The van der Waals surface area contributed by atoms with E-state index in [9.17, 15) is 13.2 Å². The summed E-state index contributed by atoms with van der Waals surface area (Å²) in [5.74, 6) is 0. The largest absolute Gasteiger partial charge is 0.522 e. The van der Waals surface area contributed by atoms with Gasteiger partial charge in [0.25, 0.3) is 0 Å². The standard InChI is InChI=1S/C7H14F3NO4/c8-7(9,10)15-2-1-11-6(3-12,4-13)5-14/h11-14H,1-5H2. The fraction of sp³-hybridized carbons (Fsp3) is 1.00. The molecule has 5 nitrogen and oxygen atoms in total. The summed E-state index contributed by atoms with van der Waals surface area (Å²) in [5, 5.41) is 28.8. The second-order valence-electron chi connectivity index (χ2n) is 2.98. The lowest BCUT2D eigenvalue weighted by molar-refractivity contribution is -0.323. The van der Waals surface area contributed by atoms with Gasteiger partial charge in [0.2, 0.25) is 0 Å². The van der Waals surface area contributed by atoms with Crippen molar-refractivity contribution in [2.24, 2.45) is 0 Å². The highest BCUT2D eigenvalue weighted by Crippen LogP contribution is 2.15. The van der Waals surface area contributed by atoms with Crippen LogP contribution in [0.2, 0.25) is 0 Å². The smallest absolute Gasteiger partial charge is 0.394 e. The Morgan fingerprint density at radius 3 is 1.80 bits per heavy atom. The van der Waals surface area contributed by atoms with Crippen molar-refractivity contribution >= 4 is 0 Å². The molecule has 15 heavy (non-hydrogen) atoms. The number of aliphatic hydroxyl groups is 3. The molecular weight excluding hydrogens is 219 g/mol. The molecule has 0 heterocycles. The lowest BCUT2D eigenvalue weighted by Crippen LogP contribution is -2.55. The molecule has 0 saturated carbocycles. The molecule has 0 aliphatic carbocycles.